The zero-order chi connectivity index (χ0) is 19.4. The van der Waals surface area contributed by atoms with Gasteiger partial charge < -0.3 is 14.9 Å². The van der Waals surface area contributed by atoms with Crippen LogP contribution in [-0.4, -0.2) is 20.1 Å². The third-order valence-corrected chi connectivity index (χ3v) is 5.34. The molecule has 2 heterocycles. The van der Waals surface area contributed by atoms with Crippen molar-refractivity contribution in [2.24, 2.45) is 5.73 Å². The Hall–Kier alpha value is -3.00. The number of rotatable bonds is 7. The average Bonchev–Trinajstić information content (AvgIpc) is 3.23. The Bertz CT molecular complexity index is 987. The predicted octanol–water partition coefficient (Wildman–Crippen LogP) is 3.09. The molecule has 8 heteroatoms. The van der Waals surface area contributed by atoms with Gasteiger partial charge in [0.25, 0.3) is 0 Å². The fraction of sp³-hybridized carbons (Fsp3) is 0.211. The summed E-state index contributed by atoms with van der Waals surface area (Å²) in [5, 5.41) is 0. The smallest absolute Gasteiger partial charge is 0.360 e. The molecule has 2 aromatic rings. The largest absolute Gasteiger partial charge is 0.465 e. The van der Waals surface area contributed by atoms with E-state index >= 15 is 0 Å². The van der Waals surface area contributed by atoms with Gasteiger partial charge in [-0.2, -0.15) is 0 Å². The van der Waals surface area contributed by atoms with Gasteiger partial charge in [-0.05, 0) is 36.2 Å². The number of hydrogen-bond donors (Lipinski definition) is 2. The van der Waals surface area contributed by atoms with E-state index in [0.29, 0.717) is 29.0 Å². The molecule has 3 N–H and O–H groups in total. The Balaban J connectivity index is 1.86. The molecule has 0 atom stereocenters. The van der Waals surface area contributed by atoms with E-state index in [9.17, 15) is 13.2 Å². The summed E-state index contributed by atoms with van der Waals surface area (Å²) in [4.78, 5) is 11.9. The van der Waals surface area contributed by atoms with Crippen LogP contribution < -0.4 is 10.5 Å². The molecule has 3 rings (SSSR count). The lowest BCUT2D eigenvalue weighted by Crippen LogP contribution is -2.16. The first-order valence-corrected chi connectivity index (χ1v) is 10.1. The minimum absolute atomic E-state index is 0.0101. The van der Waals surface area contributed by atoms with Crippen LogP contribution in [0.2, 0.25) is 0 Å². The highest BCUT2D eigenvalue weighted by Gasteiger charge is 2.29. The summed E-state index contributed by atoms with van der Waals surface area (Å²) in [5.74, 6) is 0.239. The first-order valence-electron chi connectivity index (χ1n) is 8.48. The number of anilines is 1. The number of furan rings is 1. The first kappa shape index (κ1) is 18.8. The summed E-state index contributed by atoms with van der Waals surface area (Å²) in [6, 6.07) is 10.0. The van der Waals surface area contributed by atoms with Gasteiger partial charge >= 0.3 is 5.97 Å². The van der Waals surface area contributed by atoms with Crippen LogP contribution in [-0.2, 0) is 19.6 Å². The van der Waals surface area contributed by atoms with Crippen molar-refractivity contribution < 1.29 is 22.4 Å². The molecule has 0 spiro atoms. The first-order chi connectivity index (χ1) is 12.9. The van der Waals surface area contributed by atoms with Gasteiger partial charge in [0.05, 0.1) is 17.6 Å². The second-order valence-corrected chi connectivity index (χ2v) is 7.90. The van der Waals surface area contributed by atoms with Crippen LogP contribution in [0.3, 0.4) is 0 Å². The highest BCUT2D eigenvalue weighted by Crippen LogP contribution is 2.34. The second-order valence-electron chi connectivity index (χ2n) is 6.05. The number of benzene rings is 1. The minimum atomic E-state index is -3.38. The zero-order valence-electron chi connectivity index (χ0n) is 14.8. The SMILES string of the molecule is CCCCS(=O)(=O)Nc1ccc(C2=C(N)C(=O)OC2=Cc2ccco2)cc1. The lowest BCUT2D eigenvalue weighted by atomic mass is 10.0. The van der Waals surface area contributed by atoms with E-state index in [0.717, 1.165) is 6.42 Å². The van der Waals surface area contributed by atoms with Crippen molar-refractivity contribution in [3.05, 3.63) is 65.4 Å². The van der Waals surface area contributed by atoms with Crippen LogP contribution in [0.25, 0.3) is 11.6 Å². The maximum absolute atomic E-state index is 12.0. The molecule has 1 aliphatic heterocycles. The van der Waals surface area contributed by atoms with Crippen LogP contribution in [0.5, 0.6) is 0 Å². The van der Waals surface area contributed by atoms with Crippen LogP contribution >= 0.6 is 0 Å². The highest BCUT2D eigenvalue weighted by atomic mass is 32.2. The number of sulfonamides is 1. The Morgan fingerprint density at radius 2 is 1.93 bits per heavy atom. The molecule has 7 nitrogen and oxygen atoms in total. The number of allylic oxidation sites excluding steroid dienone is 1. The third-order valence-electron chi connectivity index (χ3n) is 3.97. The Kier molecular flexibility index (Phi) is 5.36. The molecular formula is C19H20N2O5S. The quantitative estimate of drug-likeness (QED) is 0.705. The van der Waals surface area contributed by atoms with Crippen molar-refractivity contribution in [3.63, 3.8) is 0 Å². The highest BCUT2D eigenvalue weighted by molar-refractivity contribution is 7.92. The maximum Gasteiger partial charge on any atom is 0.360 e. The second kappa shape index (κ2) is 7.71. The molecule has 0 unspecified atom stereocenters. The molecule has 0 fully saturated rings. The molecule has 1 aromatic carbocycles. The van der Waals surface area contributed by atoms with Crippen molar-refractivity contribution in [1.29, 1.82) is 0 Å². The molecule has 0 saturated carbocycles. The molecular weight excluding hydrogens is 368 g/mol. The van der Waals surface area contributed by atoms with Crippen molar-refractivity contribution in [1.82, 2.24) is 0 Å². The molecule has 0 amide bonds. The number of esters is 1. The average molecular weight is 388 g/mol. The Labute approximate surface area is 157 Å². The van der Waals surface area contributed by atoms with Crippen LogP contribution in [0.1, 0.15) is 31.1 Å². The number of nitrogens with one attached hydrogen (secondary N) is 1. The third kappa shape index (κ3) is 4.40. The summed E-state index contributed by atoms with van der Waals surface area (Å²) in [6.07, 6.45) is 4.48. The lowest BCUT2D eigenvalue weighted by Gasteiger charge is -2.09. The number of hydrogen-bond acceptors (Lipinski definition) is 6. The number of nitrogens with two attached hydrogens (primary N) is 1. The molecule has 0 radical (unpaired) electrons. The fourth-order valence-electron chi connectivity index (χ4n) is 2.61. The fourth-order valence-corrected chi connectivity index (χ4v) is 3.88. The molecule has 0 saturated heterocycles. The Morgan fingerprint density at radius 3 is 2.56 bits per heavy atom. The van der Waals surface area contributed by atoms with Crippen molar-refractivity contribution in [3.8, 4) is 0 Å². The van der Waals surface area contributed by atoms with Gasteiger partial charge in [-0.3, -0.25) is 4.72 Å². The Morgan fingerprint density at radius 1 is 1.19 bits per heavy atom. The summed E-state index contributed by atoms with van der Waals surface area (Å²) >= 11 is 0. The topological polar surface area (TPSA) is 112 Å². The number of cyclic esters (lactones) is 1. The number of carbonyl (C=O) groups excluding carboxylic acids is 1. The van der Waals surface area contributed by atoms with E-state index in [2.05, 4.69) is 4.72 Å². The molecule has 1 aromatic heterocycles. The zero-order valence-corrected chi connectivity index (χ0v) is 15.6. The van der Waals surface area contributed by atoms with Crippen LogP contribution in [0.4, 0.5) is 5.69 Å². The van der Waals surface area contributed by atoms with Gasteiger partial charge in [0, 0.05) is 11.8 Å². The normalized spacial score (nSPS) is 16.0. The number of carbonyl (C=O) groups is 1. The van der Waals surface area contributed by atoms with E-state index in [1.165, 1.54) is 6.26 Å². The van der Waals surface area contributed by atoms with E-state index in [1.807, 2.05) is 6.92 Å². The van der Waals surface area contributed by atoms with Gasteiger partial charge in [-0.15, -0.1) is 0 Å². The summed E-state index contributed by atoms with van der Waals surface area (Å²) in [6.45, 7) is 1.93. The molecule has 27 heavy (non-hydrogen) atoms. The van der Waals surface area contributed by atoms with E-state index in [1.54, 1.807) is 42.5 Å². The van der Waals surface area contributed by atoms with Gasteiger partial charge in [0.15, 0.2) is 0 Å². The van der Waals surface area contributed by atoms with Crippen LogP contribution in [0, 0.1) is 0 Å². The molecule has 0 aliphatic carbocycles. The standard InChI is InChI=1S/C19H20N2O5S/c1-2-3-11-27(23,24)21-14-8-6-13(7-9-14)17-16(26-19(22)18(17)20)12-15-5-4-10-25-15/h4-10,12,21H,2-3,11,20H2,1H3. The summed E-state index contributed by atoms with van der Waals surface area (Å²) < 4.78 is 37.0. The minimum Gasteiger partial charge on any atom is -0.465 e. The molecule has 0 bridgehead atoms. The molecule has 142 valence electrons. The lowest BCUT2D eigenvalue weighted by molar-refractivity contribution is -0.133. The monoisotopic (exact) mass is 388 g/mol. The van der Waals surface area contributed by atoms with Gasteiger partial charge in [0.1, 0.15) is 17.2 Å². The van der Waals surface area contributed by atoms with E-state index in [-0.39, 0.29) is 17.2 Å². The van der Waals surface area contributed by atoms with Gasteiger partial charge in [0.2, 0.25) is 10.0 Å². The van der Waals surface area contributed by atoms with E-state index in [4.69, 9.17) is 14.9 Å². The number of unbranched alkanes of at least 4 members (excludes halogenated alkanes) is 1. The summed E-state index contributed by atoms with van der Waals surface area (Å²) in [7, 11) is -3.38. The van der Waals surface area contributed by atoms with Crippen LogP contribution in [0.15, 0.2) is 58.5 Å². The maximum atomic E-state index is 12.0. The van der Waals surface area contributed by atoms with Gasteiger partial charge in [-0.25, -0.2) is 13.2 Å². The van der Waals surface area contributed by atoms with Gasteiger partial charge in [-0.1, -0.05) is 25.5 Å². The van der Waals surface area contributed by atoms with Crippen molar-refractivity contribution in [2.45, 2.75) is 19.8 Å². The number of ether oxygens (including phenoxy) is 1. The summed E-state index contributed by atoms with van der Waals surface area (Å²) in [5.41, 5.74) is 7.39. The molecule has 1 aliphatic rings. The van der Waals surface area contributed by atoms with E-state index < -0.39 is 16.0 Å². The predicted molar refractivity (Wildman–Crippen MR) is 103 cm³/mol. The van der Waals surface area contributed by atoms with Crippen molar-refractivity contribution in [2.75, 3.05) is 10.5 Å². The van der Waals surface area contributed by atoms with Crippen molar-refractivity contribution >= 4 is 33.3 Å².